The molecule has 2 aromatic carbocycles. The summed E-state index contributed by atoms with van der Waals surface area (Å²) >= 11 is 3.52. The van der Waals surface area contributed by atoms with Gasteiger partial charge in [-0.25, -0.2) is 0 Å². The molecule has 0 aromatic heterocycles. The molecule has 0 spiro atoms. The van der Waals surface area contributed by atoms with Crippen LogP contribution in [-0.4, -0.2) is 7.05 Å². The molecule has 1 unspecified atom stereocenters. The summed E-state index contributed by atoms with van der Waals surface area (Å²) in [6.45, 7) is 4.32. The summed E-state index contributed by atoms with van der Waals surface area (Å²) in [7, 11) is 2.01. The zero-order valence-electron chi connectivity index (χ0n) is 11.0. The van der Waals surface area contributed by atoms with E-state index >= 15 is 0 Å². The van der Waals surface area contributed by atoms with Crippen LogP contribution in [0.5, 0.6) is 0 Å². The molecule has 94 valence electrons. The fourth-order valence-corrected chi connectivity index (χ4v) is 2.83. The van der Waals surface area contributed by atoms with Crippen LogP contribution >= 0.6 is 15.9 Å². The van der Waals surface area contributed by atoms with Crippen molar-refractivity contribution in [1.29, 1.82) is 0 Å². The quantitative estimate of drug-likeness (QED) is 0.887. The summed E-state index contributed by atoms with van der Waals surface area (Å²) in [6, 6.07) is 15.2. The summed E-state index contributed by atoms with van der Waals surface area (Å²) < 4.78 is 1.13. The third kappa shape index (κ3) is 2.65. The highest BCUT2D eigenvalue weighted by molar-refractivity contribution is 9.10. The van der Waals surface area contributed by atoms with E-state index in [9.17, 15) is 0 Å². The zero-order valence-corrected chi connectivity index (χ0v) is 12.6. The summed E-state index contributed by atoms with van der Waals surface area (Å²) in [4.78, 5) is 0. The van der Waals surface area contributed by atoms with Gasteiger partial charge < -0.3 is 5.32 Å². The van der Waals surface area contributed by atoms with Crippen molar-refractivity contribution in [2.75, 3.05) is 7.05 Å². The van der Waals surface area contributed by atoms with E-state index in [1.807, 2.05) is 7.05 Å². The molecule has 0 amide bonds. The van der Waals surface area contributed by atoms with Crippen molar-refractivity contribution < 1.29 is 0 Å². The van der Waals surface area contributed by atoms with Crippen molar-refractivity contribution in [3.05, 3.63) is 69.2 Å². The van der Waals surface area contributed by atoms with Crippen LogP contribution in [0.4, 0.5) is 0 Å². The second-order valence-electron chi connectivity index (χ2n) is 4.58. The van der Waals surface area contributed by atoms with Crippen LogP contribution in [0.2, 0.25) is 0 Å². The minimum absolute atomic E-state index is 0.249. The average molecular weight is 304 g/mol. The van der Waals surface area contributed by atoms with Gasteiger partial charge in [0, 0.05) is 4.47 Å². The van der Waals surface area contributed by atoms with Crippen molar-refractivity contribution in [2.45, 2.75) is 19.9 Å². The van der Waals surface area contributed by atoms with E-state index in [1.54, 1.807) is 0 Å². The highest BCUT2D eigenvalue weighted by Crippen LogP contribution is 2.28. The molecule has 0 bridgehead atoms. The Morgan fingerprint density at radius 1 is 0.944 bits per heavy atom. The molecule has 2 rings (SSSR count). The second kappa shape index (κ2) is 5.68. The lowest BCUT2D eigenvalue weighted by Gasteiger charge is -2.21. The van der Waals surface area contributed by atoms with E-state index in [0.29, 0.717) is 0 Å². The van der Waals surface area contributed by atoms with Gasteiger partial charge in [-0.1, -0.05) is 46.3 Å². The summed E-state index contributed by atoms with van der Waals surface area (Å²) in [6.07, 6.45) is 0. The molecule has 1 atom stereocenters. The smallest absolute Gasteiger partial charge is 0.0579 e. The number of hydrogen-bond acceptors (Lipinski definition) is 1. The van der Waals surface area contributed by atoms with Gasteiger partial charge >= 0.3 is 0 Å². The fourth-order valence-electron chi connectivity index (χ4n) is 2.35. The van der Waals surface area contributed by atoms with Crippen LogP contribution in [0.1, 0.15) is 28.3 Å². The molecule has 2 aromatic rings. The minimum atomic E-state index is 0.249. The molecule has 0 heterocycles. The van der Waals surface area contributed by atoms with Gasteiger partial charge in [0.15, 0.2) is 0 Å². The molecule has 18 heavy (non-hydrogen) atoms. The summed E-state index contributed by atoms with van der Waals surface area (Å²) in [5.74, 6) is 0. The molecular formula is C16H18BrN. The van der Waals surface area contributed by atoms with Gasteiger partial charge in [0.2, 0.25) is 0 Å². The number of halogens is 1. The van der Waals surface area contributed by atoms with Crippen molar-refractivity contribution in [3.8, 4) is 0 Å². The molecule has 0 saturated carbocycles. The number of aryl methyl sites for hydroxylation is 2. The van der Waals surface area contributed by atoms with Crippen LogP contribution < -0.4 is 5.32 Å². The van der Waals surface area contributed by atoms with Crippen LogP contribution in [0.3, 0.4) is 0 Å². The minimum Gasteiger partial charge on any atom is -0.309 e. The van der Waals surface area contributed by atoms with Gasteiger partial charge in [-0.3, -0.25) is 0 Å². The standard InChI is InChI=1S/C16H18BrN/c1-11-6-4-5-7-14(11)16(18-3)15-9-8-13(17)10-12(15)2/h4-10,16,18H,1-3H3. The Labute approximate surface area is 117 Å². The lowest BCUT2D eigenvalue weighted by Crippen LogP contribution is -2.19. The van der Waals surface area contributed by atoms with Crippen LogP contribution in [0, 0.1) is 13.8 Å². The number of nitrogens with one attached hydrogen (secondary N) is 1. The van der Waals surface area contributed by atoms with E-state index < -0.39 is 0 Å². The maximum atomic E-state index is 3.52. The van der Waals surface area contributed by atoms with Gasteiger partial charge in [-0.05, 0) is 55.3 Å². The topological polar surface area (TPSA) is 12.0 Å². The van der Waals surface area contributed by atoms with Gasteiger partial charge in [0.05, 0.1) is 6.04 Å². The zero-order chi connectivity index (χ0) is 13.1. The first-order valence-electron chi connectivity index (χ1n) is 6.12. The molecule has 1 N–H and O–H groups in total. The number of rotatable bonds is 3. The molecule has 1 nitrogen and oxygen atoms in total. The Kier molecular flexibility index (Phi) is 4.20. The molecule has 0 aliphatic heterocycles. The maximum Gasteiger partial charge on any atom is 0.0579 e. The van der Waals surface area contributed by atoms with E-state index in [0.717, 1.165) is 4.47 Å². The van der Waals surface area contributed by atoms with E-state index in [1.165, 1.54) is 22.3 Å². The average Bonchev–Trinajstić information content (AvgIpc) is 2.34. The van der Waals surface area contributed by atoms with Crippen LogP contribution in [0.15, 0.2) is 46.9 Å². The number of hydrogen-bond donors (Lipinski definition) is 1. The van der Waals surface area contributed by atoms with Crippen molar-refractivity contribution in [1.82, 2.24) is 5.32 Å². The Morgan fingerprint density at radius 3 is 2.22 bits per heavy atom. The molecule has 0 aliphatic rings. The largest absolute Gasteiger partial charge is 0.309 e. The van der Waals surface area contributed by atoms with Gasteiger partial charge in [0.25, 0.3) is 0 Å². The first-order valence-corrected chi connectivity index (χ1v) is 6.91. The highest BCUT2D eigenvalue weighted by Gasteiger charge is 2.15. The predicted molar refractivity (Wildman–Crippen MR) is 81.0 cm³/mol. The Morgan fingerprint density at radius 2 is 1.61 bits per heavy atom. The Hall–Kier alpha value is -1.12. The maximum absolute atomic E-state index is 3.52. The van der Waals surface area contributed by atoms with Crippen molar-refractivity contribution in [2.24, 2.45) is 0 Å². The van der Waals surface area contributed by atoms with E-state index in [2.05, 4.69) is 77.6 Å². The Bertz CT molecular complexity index is 549. The first kappa shape index (κ1) is 13.3. The summed E-state index contributed by atoms with van der Waals surface area (Å²) in [5, 5.41) is 3.42. The highest BCUT2D eigenvalue weighted by atomic mass is 79.9. The third-order valence-corrected chi connectivity index (χ3v) is 3.82. The molecule has 0 radical (unpaired) electrons. The monoisotopic (exact) mass is 303 g/mol. The predicted octanol–water partition coefficient (Wildman–Crippen LogP) is 4.37. The normalized spacial score (nSPS) is 12.4. The lowest BCUT2D eigenvalue weighted by atomic mass is 9.92. The van der Waals surface area contributed by atoms with Crippen LogP contribution in [-0.2, 0) is 0 Å². The third-order valence-electron chi connectivity index (χ3n) is 3.33. The molecule has 0 aliphatic carbocycles. The van der Waals surface area contributed by atoms with Gasteiger partial charge in [-0.2, -0.15) is 0 Å². The molecule has 2 heteroatoms. The van der Waals surface area contributed by atoms with Crippen LogP contribution in [0.25, 0.3) is 0 Å². The van der Waals surface area contributed by atoms with Crippen molar-refractivity contribution >= 4 is 15.9 Å². The summed E-state index contributed by atoms with van der Waals surface area (Å²) in [5.41, 5.74) is 5.28. The molecule has 0 saturated heterocycles. The van der Waals surface area contributed by atoms with E-state index in [-0.39, 0.29) is 6.04 Å². The SMILES string of the molecule is CNC(c1ccccc1C)c1ccc(Br)cc1C. The number of benzene rings is 2. The second-order valence-corrected chi connectivity index (χ2v) is 5.49. The van der Waals surface area contributed by atoms with Gasteiger partial charge in [-0.15, -0.1) is 0 Å². The van der Waals surface area contributed by atoms with Gasteiger partial charge in [0.1, 0.15) is 0 Å². The van der Waals surface area contributed by atoms with Crippen molar-refractivity contribution in [3.63, 3.8) is 0 Å². The molecule has 0 fully saturated rings. The fraction of sp³-hybridized carbons (Fsp3) is 0.250. The Balaban J connectivity index is 2.49. The first-order chi connectivity index (χ1) is 8.63. The lowest BCUT2D eigenvalue weighted by molar-refractivity contribution is 0.683. The molecular weight excluding hydrogens is 286 g/mol. The van der Waals surface area contributed by atoms with E-state index in [4.69, 9.17) is 0 Å².